The third-order valence-electron chi connectivity index (χ3n) is 5.32. The summed E-state index contributed by atoms with van der Waals surface area (Å²) in [5.41, 5.74) is 1.12. The molecule has 0 spiro atoms. The van der Waals surface area contributed by atoms with E-state index in [1.165, 1.54) is 0 Å². The van der Waals surface area contributed by atoms with E-state index in [1.807, 2.05) is 41.2 Å². The Morgan fingerprint density at radius 2 is 2.06 bits per heavy atom. The molecule has 1 aliphatic rings. The van der Waals surface area contributed by atoms with Crippen LogP contribution in [0.25, 0.3) is 0 Å². The van der Waals surface area contributed by atoms with Gasteiger partial charge in [0.1, 0.15) is 0 Å². The third-order valence-corrected chi connectivity index (χ3v) is 5.57. The number of hydrogen-bond donors (Lipinski definition) is 2. The van der Waals surface area contributed by atoms with Crippen LogP contribution in [0.4, 0.5) is 0 Å². The average Bonchev–Trinajstić information content (AvgIpc) is 3.32. The number of guanidine groups is 1. The first-order valence-electron chi connectivity index (χ1n) is 11.2. The third kappa shape index (κ3) is 9.25. The van der Waals surface area contributed by atoms with E-state index < -0.39 is 0 Å². The maximum absolute atomic E-state index is 6.06. The van der Waals surface area contributed by atoms with Crippen LogP contribution in [-0.4, -0.2) is 61.8 Å². The van der Waals surface area contributed by atoms with Crippen molar-refractivity contribution in [3.8, 4) is 0 Å². The highest BCUT2D eigenvalue weighted by Crippen LogP contribution is 2.20. The second-order valence-electron chi connectivity index (χ2n) is 7.68. The molecule has 1 saturated heterocycles. The Kier molecular flexibility index (Phi) is 13.0. The topological polar surface area (TPSA) is 72.7 Å². The molecule has 2 N–H and O–H groups in total. The number of nitrogens with zero attached hydrogens (tertiary/aromatic N) is 3. The van der Waals surface area contributed by atoms with Crippen LogP contribution in [0.3, 0.4) is 0 Å². The van der Waals surface area contributed by atoms with Crippen LogP contribution in [0.1, 0.15) is 37.8 Å². The van der Waals surface area contributed by atoms with Gasteiger partial charge in [-0.2, -0.15) is 5.10 Å². The zero-order valence-electron chi connectivity index (χ0n) is 18.7. The van der Waals surface area contributed by atoms with Crippen LogP contribution in [0.15, 0.2) is 47.7 Å². The van der Waals surface area contributed by atoms with Gasteiger partial charge in [0.2, 0.25) is 0 Å². The summed E-state index contributed by atoms with van der Waals surface area (Å²) in [7, 11) is 0. The van der Waals surface area contributed by atoms with Crippen LogP contribution >= 0.6 is 35.6 Å². The molecule has 178 valence electrons. The Bertz CT molecular complexity index is 767. The second-order valence-corrected chi connectivity index (χ2v) is 8.12. The van der Waals surface area contributed by atoms with E-state index in [9.17, 15) is 0 Å². The molecule has 0 amide bonds. The lowest BCUT2D eigenvalue weighted by Crippen LogP contribution is -2.38. The summed E-state index contributed by atoms with van der Waals surface area (Å²) in [4.78, 5) is 4.81. The second kappa shape index (κ2) is 15.5. The zero-order chi connectivity index (χ0) is 21.7. The maximum Gasteiger partial charge on any atom is 0.191 e. The van der Waals surface area contributed by atoms with Crippen LogP contribution < -0.4 is 10.6 Å². The van der Waals surface area contributed by atoms with Gasteiger partial charge in [0.05, 0.1) is 12.6 Å². The summed E-state index contributed by atoms with van der Waals surface area (Å²) < 4.78 is 13.2. The highest BCUT2D eigenvalue weighted by molar-refractivity contribution is 14.0. The van der Waals surface area contributed by atoms with Gasteiger partial charge in [0.25, 0.3) is 0 Å². The van der Waals surface area contributed by atoms with Gasteiger partial charge in [0.15, 0.2) is 5.96 Å². The molecule has 9 heteroatoms. The van der Waals surface area contributed by atoms with Crippen molar-refractivity contribution in [3.63, 3.8) is 0 Å². The monoisotopic (exact) mass is 575 g/mol. The highest BCUT2D eigenvalue weighted by atomic mass is 127. The van der Waals surface area contributed by atoms with Crippen molar-refractivity contribution in [3.05, 3.63) is 53.3 Å². The van der Waals surface area contributed by atoms with Gasteiger partial charge in [-0.15, -0.1) is 24.0 Å². The number of rotatable bonds is 11. The van der Waals surface area contributed by atoms with E-state index in [1.54, 1.807) is 6.20 Å². The lowest BCUT2D eigenvalue weighted by atomic mass is 10.0. The molecule has 0 aliphatic carbocycles. The molecule has 1 aliphatic heterocycles. The van der Waals surface area contributed by atoms with E-state index in [2.05, 4.69) is 22.7 Å². The summed E-state index contributed by atoms with van der Waals surface area (Å²) in [6.45, 7) is 7.58. The summed E-state index contributed by atoms with van der Waals surface area (Å²) >= 11 is 6.06. The van der Waals surface area contributed by atoms with Crippen molar-refractivity contribution in [1.29, 1.82) is 0 Å². The van der Waals surface area contributed by atoms with E-state index in [0.717, 1.165) is 75.3 Å². The Morgan fingerprint density at radius 1 is 1.28 bits per heavy atom. The van der Waals surface area contributed by atoms with Gasteiger partial charge in [-0.3, -0.25) is 9.67 Å². The maximum atomic E-state index is 6.06. The molecule has 1 aromatic heterocycles. The molecule has 1 unspecified atom stereocenters. The lowest BCUT2D eigenvalue weighted by molar-refractivity contribution is 0.0203. The fourth-order valence-corrected chi connectivity index (χ4v) is 3.68. The highest BCUT2D eigenvalue weighted by Gasteiger charge is 2.15. The van der Waals surface area contributed by atoms with Crippen LogP contribution in [-0.2, 0) is 9.47 Å². The fourth-order valence-electron chi connectivity index (χ4n) is 3.56. The quantitative estimate of drug-likeness (QED) is 0.182. The molecule has 1 aromatic carbocycles. The standard InChI is InChI=1S/C23H34ClN5O2.HI/c1-2-25-23(26-11-4-14-31-18-19-9-15-30-16-10-19)27-17-22(29-13-3-12-28-29)20-5-7-21(24)8-6-20;/h3,5-8,12-13,19,22H,2,4,9-11,14-18H2,1H3,(H2,25,26,27);1H. The number of ether oxygens (including phenoxy) is 2. The largest absolute Gasteiger partial charge is 0.381 e. The average molecular weight is 576 g/mol. The van der Waals surface area contributed by atoms with Gasteiger partial charge >= 0.3 is 0 Å². The van der Waals surface area contributed by atoms with Crippen LogP contribution in [0.2, 0.25) is 5.02 Å². The van der Waals surface area contributed by atoms with E-state index in [-0.39, 0.29) is 30.0 Å². The van der Waals surface area contributed by atoms with Crippen LogP contribution in [0, 0.1) is 5.92 Å². The lowest BCUT2D eigenvalue weighted by Gasteiger charge is -2.21. The van der Waals surface area contributed by atoms with Gasteiger partial charge in [-0.25, -0.2) is 0 Å². The minimum atomic E-state index is 0. The molecular formula is C23H35ClIN5O2. The van der Waals surface area contributed by atoms with Gasteiger partial charge in [-0.1, -0.05) is 23.7 Å². The number of halogens is 2. The Morgan fingerprint density at radius 3 is 2.75 bits per heavy atom. The van der Waals surface area contributed by atoms with E-state index in [0.29, 0.717) is 12.5 Å². The first-order chi connectivity index (χ1) is 15.3. The molecule has 2 heterocycles. The van der Waals surface area contributed by atoms with Gasteiger partial charge in [0, 0.05) is 56.9 Å². The molecule has 1 fully saturated rings. The molecule has 7 nitrogen and oxygen atoms in total. The number of hydrogen-bond acceptors (Lipinski definition) is 4. The first-order valence-corrected chi connectivity index (χ1v) is 11.6. The summed E-state index contributed by atoms with van der Waals surface area (Å²) in [5.74, 6) is 1.45. The molecule has 0 radical (unpaired) electrons. The molecule has 0 saturated carbocycles. The first kappa shape index (κ1) is 26.9. The smallest absolute Gasteiger partial charge is 0.191 e. The molecular weight excluding hydrogens is 541 g/mol. The predicted molar refractivity (Wildman–Crippen MR) is 140 cm³/mol. The van der Waals surface area contributed by atoms with Gasteiger partial charge < -0.3 is 20.1 Å². The number of nitrogens with one attached hydrogen (secondary N) is 2. The predicted octanol–water partition coefficient (Wildman–Crippen LogP) is 4.13. The Hall–Kier alpha value is -1.36. The normalized spacial score (nSPS) is 15.8. The SMILES string of the molecule is CCNC(=NCC(c1ccc(Cl)cc1)n1cccn1)NCCCOCC1CCOCC1.I. The summed E-state index contributed by atoms with van der Waals surface area (Å²) in [6.07, 6.45) is 6.91. The Labute approximate surface area is 213 Å². The van der Waals surface area contributed by atoms with Gasteiger partial charge in [-0.05, 0) is 55.9 Å². The minimum Gasteiger partial charge on any atom is -0.381 e. The Balaban J connectivity index is 0.00000363. The summed E-state index contributed by atoms with van der Waals surface area (Å²) in [6, 6.07) is 9.80. The molecule has 32 heavy (non-hydrogen) atoms. The molecule has 3 rings (SSSR count). The molecule has 1 atom stereocenters. The van der Waals surface area contributed by atoms with Crippen molar-refractivity contribution >= 4 is 41.5 Å². The molecule has 0 bridgehead atoms. The van der Waals surface area contributed by atoms with E-state index in [4.69, 9.17) is 26.1 Å². The molecule has 2 aromatic rings. The zero-order valence-corrected chi connectivity index (χ0v) is 21.8. The van der Waals surface area contributed by atoms with Crippen molar-refractivity contribution in [2.45, 2.75) is 32.2 Å². The number of aromatic nitrogens is 2. The summed E-state index contributed by atoms with van der Waals surface area (Å²) in [5, 5.41) is 11.9. The number of benzene rings is 1. The van der Waals surface area contributed by atoms with Crippen molar-refractivity contribution < 1.29 is 9.47 Å². The van der Waals surface area contributed by atoms with Crippen molar-refractivity contribution in [2.75, 3.05) is 46.1 Å². The fraction of sp³-hybridized carbons (Fsp3) is 0.565. The van der Waals surface area contributed by atoms with Crippen molar-refractivity contribution in [1.82, 2.24) is 20.4 Å². The number of aliphatic imine (C=N–C) groups is 1. The van der Waals surface area contributed by atoms with E-state index >= 15 is 0 Å². The minimum absolute atomic E-state index is 0. The van der Waals surface area contributed by atoms with Crippen LogP contribution in [0.5, 0.6) is 0 Å². The van der Waals surface area contributed by atoms with Crippen molar-refractivity contribution in [2.24, 2.45) is 10.9 Å².